The Morgan fingerprint density at radius 3 is 2.17 bits per heavy atom. The van der Waals surface area contributed by atoms with Crippen LogP contribution in [0.5, 0.6) is 0 Å². The van der Waals surface area contributed by atoms with Gasteiger partial charge in [0, 0.05) is 23.0 Å². The van der Waals surface area contributed by atoms with Crippen LogP contribution in [0.25, 0.3) is 11.3 Å². The van der Waals surface area contributed by atoms with E-state index < -0.39 is 6.09 Å². The average molecular weight is 403 g/mol. The van der Waals surface area contributed by atoms with E-state index in [1.54, 1.807) is 42.6 Å². The largest absolute Gasteiger partial charge is 0.453 e. The standard InChI is InChI=1S/C24H25N3O3/c1-24(2,3)18-11-13-19(14-12-18)26-22(28)17-9-7-16(8-10-17)21-20(6-5-15-25-21)27-23(29)30-4/h5-15H,1-4H3,(H,26,28)(H,27,29). The van der Waals surface area contributed by atoms with Gasteiger partial charge >= 0.3 is 6.09 Å². The van der Waals surface area contributed by atoms with Crippen LogP contribution in [0.4, 0.5) is 16.2 Å². The number of pyridine rings is 1. The van der Waals surface area contributed by atoms with E-state index in [0.717, 1.165) is 11.3 Å². The molecule has 6 heteroatoms. The van der Waals surface area contributed by atoms with Crippen molar-refractivity contribution in [3.05, 3.63) is 78.0 Å². The highest BCUT2D eigenvalue weighted by molar-refractivity contribution is 6.04. The first-order valence-electron chi connectivity index (χ1n) is 9.60. The molecule has 0 fully saturated rings. The van der Waals surface area contributed by atoms with Gasteiger partial charge in [0.2, 0.25) is 0 Å². The molecule has 2 amide bonds. The molecule has 3 rings (SSSR count). The van der Waals surface area contributed by atoms with E-state index in [4.69, 9.17) is 0 Å². The van der Waals surface area contributed by atoms with Gasteiger partial charge in [0.1, 0.15) is 0 Å². The second-order valence-electron chi connectivity index (χ2n) is 7.87. The van der Waals surface area contributed by atoms with Crippen molar-refractivity contribution in [3.63, 3.8) is 0 Å². The molecule has 0 aliphatic rings. The number of carbonyl (C=O) groups excluding carboxylic acids is 2. The molecule has 0 radical (unpaired) electrons. The lowest BCUT2D eigenvalue weighted by atomic mass is 9.87. The van der Waals surface area contributed by atoms with E-state index in [0.29, 0.717) is 16.9 Å². The Labute approximate surface area is 176 Å². The van der Waals surface area contributed by atoms with Crippen LogP contribution in [0.15, 0.2) is 66.9 Å². The zero-order valence-electron chi connectivity index (χ0n) is 17.5. The maximum absolute atomic E-state index is 12.6. The Hall–Kier alpha value is -3.67. The van der Waals surface area contributed by atoms with Gasteiger partial charge in [0.25, 0.3) is 5.91 Å². The Balaban J connectivity index is 1.75. The summed E-state index contributed by atoms with van der Waals surface area (Å²) in [5.41, 5.74) is 4.42. The number of anilines is 2. The maximum Gasteiger partial charge on any atom is 0.411 e. The number of nitrogens with zero attached hydrogens (tertiary/aromatic N) is 1. The van der Waals surface area contributed by atoms with Crippen LogP contribution >= 0.6 is 0 Å². The summed E-state index contributed by atoms with van der Waals surface area (Å²) in [6.45, 7) is 6.45. The molecule has 0 spiro atoms. The second kappa shape index (κ2) is 8.78. The normalized spacial score (nSPS) is 10.9. The molecule has 154 valence electrons. The van der Waals surface area contributed by atoms with Crippen LogP contribution in [0, 0.1) is 0 Å². The van der Waals surface area contributed by atoms with Gasteiger partial charge in [-0.2, -0.15) is 0 Å². The molecule has 30 heavy (non-hydrogen) atoms. The molecule has 0 aliphatic carbocycles. The van der Waals surface area contributed by atoms with Crippen molar-refractivity contribution in [1.82, 2.24) is 4.98 Å². The number of rotatable bonds is 4. The number of aromatic nitrogens is 1. The van der Waals surface area contributed by atoms with Crippen molar-refractivity contribution in [1.29, 1.82) is 0 Å². The van der Waals surface area contributed by atoms with Crippen LogP contribution in [0.3, 0.4) is 0 Å². The third-order valence-electron chi connectivity index (χ3n) is 4.66. The molecular weight excluding hydrogens is 378 g/mol. The molecular formula is C24H25N3O3. The third-order valence-corrected chi connectivity index (χ3v) is 4.66. The minimum atomic E-state index is -0.572. The summed E-state index contributed by atoms with van der Waals surface area (Å²) in [6.07, 6.45) is 1.07. The van der Waals surface area contributed by atoms with Crippen LogP contribution < -0.4 is 10.6 Å². The molecule has 0 unspecified atom stereocenters. The summed E-state index contributed by atoms with van der Waals surface area (Å²) < 4.78 is 4.65. The summed E-state index contributed by atoms with van der Waals surface area (Å²) in [4.78, 5) is 28.5. The monoisotopic (exact) mass is 403 g/mol. The number of carbonyl (C=O) groups is 2. The van der Waals surface area contributed by atoms with Gasteiger partial charge in [-0.05, 0) is 47.4 Å². The first-order valence-corrected chi connectivity index (χ1v) is 9.60. The quantitative estimate of drug-likeness (QED) is 0.605. The lowest BCUT2D eigenvalue weighted by Gasteiger charge is -2.19. The lowest BCUT2D eigenvalue weighted by Crippen LogP contribution is -2.13. The predicted octanol–water partition coefficient (Wildman–Crippen LogP) is 5.48. The van der Waals surface area contributed by atoms with Crippen LogP contribution in [0.1, 0.15) is 36.7 Å². The Morgan fingerprint density at radius 2 is 1.57 bits per heavy atom. The fraction of sp³-hybridized carbons (Fsp3) is 0.208. The molecule has 2 aromatic carbocycles. The summed E-state index contributed by atoms with van der Waals surface area (Å²) in [6, 6.07) is 18.4. The SMILES string of the molecule is COC(=O)Nc1cccnc1-c1ccc(C(=O)Nc2ccc(C(C)(C)C)cc2)cc1. The predicted molar refractivity (Wildman–Crippen MR) is 119 cm³/mol. The average Bonchev–Trinajstić information content (AvgIpc) is 2.74. The Bertz CT molecular complexity index is 1040. The van der Waals surface area contributed by atoms with Crippen LogP contribution in [-0.2, 0) is 10.2 Å². The molecule has 0 saturated carbocycles. The van der Waals surface area contributed by atoms with Gasteiger partial charge in [-0.3, -0.25) is 15.1 Å². The van der Waals surface area contributed by atoms with Gasteiger partial charge in [0.15, 0.2) is 0 Å². The molecule has 6 nitrogen and oxygen atoms in total. The number of benzene rings is 2. The topological polar surface area (TPSA) is 80.3 Å². The first-order chi connectivity index (χ1) is 14.3. The van der Waals surface area contributed by atoms with Gasteiger partial charge in [0.05, 0.1) is 18.5 Å². The molecule has 2 N–H and O–H groups in total. The maximum atomic E-state index is 12.6. The number of amides is 2. The van der Waals surface area contributed by atoms with Crippen molar-refractivity contribution in [2.75, 3.05) is 17.7 Å². The number of hydrogen-bond acceptors (Lipinski definition) is 4. The highest BCUT2D eigenvalue weighted by atomic mass is 16.5. The van der Waals surface area contributed by atoms with Crippen molar-refractivity contribution in [2.45, 2.75) is 26.2 Å². The molecule has 3 aromatic rings. The lowest BCUT2D eigenvalue weighted by molar-refractivity contribution is 0.102. The van der Waals surface area contributed by atoms with Crippen molar-refractivity contribution < 1.29 is 14.3 Å². The molecule has 1 heterocycles. The molecule has 0 atom stereocenters. The fourth-order valence-electron chi connectivity index (χ4n) is 2.93. The summed E-state index contributed by atoms with van der Waals surface area (Å²) >= 11 is 0. The minimum absolute atomic E-state index is 0.0609. The van der Waals surface area contributed by atoms with E-state index in [2.05, 4.69) is 41.1 Å². The van der Waals surface area contributed by atoms with E-state index in [9.17, 15) is 9.59 Å². The number of hydrogen-bond donors (Lipinski definition) is 2. The van der Waals surface area contributed by atoms with Gasteiger partial charge in [-0.25, -0.2) is 4.79 Å². The highest BCUT2D eigenvalue weighted by Gasteiger charge is 2.14. The van der Waals surface area contributed by atoms with E-state index >= 15 is 0 Å². The van der Waals surface area contributed by atoms with Crippen molar-refractivity contribution in [3.8, 4) is 11.3 Å². The fourth-order valence-corrected chi connectivity index (χ4v) is 2.93. The first kappa shape index (κ1) is 21.0. The van der Waals surface area contributed by atoms with Gasteiger partial charge in [-0.1, -0.05) is 45.0 Å². The van der Waals surface area contributed by atoms with E-state index in [1.807, 2.05) is 24.3 Å². The van der Waals surface area contributed by atoms with E-state index in [1.165, 1.54) is 12.7 Å². The summed E-state index contributed by atoms with van der Waals surface area (Å²) in [7, 11) is 1.30. The number of methoxy groups -OCH3 is 1. The number of nitrogens with one attached hydrogen (secondary N) is 2. The Morgan fingerprint density at radius 1 is 0.900 bits per heavy atom. The highest BCUT2D eigenvalue weighted by Crippen LogP contribution is 2.26. The second-order valence-corrected chi connectivity index (χ2v) is 7.87. The third kappa shape index (κ3) is 5.03. The van der Waals surface area contributed by atoms with E-state index in [-0.39, 0.29) is 11.3 Å². The molecule has 0 aliphatic heterocycles. The zero-order chi connectivity index (χ0) is 21.7. The summed E-state index contributed by atoms with van der Waals surface area (Å²) in [5.74, 6) is -0.195. The van der Waals surface area contributed by atoms with Crippen LogP contribution in [-0.4, -0.2) is 24.1 Å². The molecule has 0 bridgehead atoms. The summed E-state index contributed by atoms with van der Waals surface area (Å²) in [5, 5.41) is 5.55. The molecule has 0 saturated heterocycles. The van der Waals surface area contributed by atoms with Crippen molar-refractivity contribution in [2.24, 2.45) is 0 Å². The smallest absolute Gasteiger partial charge is 0.411 e. The van der Waals surface area contributed by atoms with Gasteiger partial charge < -0.3 is 10.1 Å². The minimum Gasteiger partial charge on any atom is -0.453 e. The van der Waals surface area contributed by atoms with Crippen LogP contribution in [0.2, 0.25) is 0 Å². The zero-order valence-corrected chi connectivity index (χ0v) is 17.5. The number of ether oxygens (including phenoxy) is 1. The molecule has 1 aromatic heterocycles. The van der Waals surface area contributed by atoms with Gasteiger partial charge in [-0.15, -0.1) is 0 Å². The Kier molecular flexibility index (Phi) is 6.16. The van der Waals surface area contributed by atoms with Crippen molar-refractivity contribution >= 4 is 23.4 Å².